The summed E-state index contributed by atoms with van der Waals surface area (Å²) >= 11 is 0. The number of aromatic nitrogens is 8. The number of nitrogens with one attached hydrogen (secondary N) is 4. The molecule has 4 heterocycles. The molecule has 0 bridgehead atoms. The van der Waals surface area contributed by atoms with Crippen LogP contribution in [0.1, 0.15) is 83.5 Å². The van der Waals surface area contributed by atoms with Gasteiger partial charge < -0.3 is 20.1 Å². The number of hydrogen-bond acceptors (Lipinski definition) is 11. The van der Waals surface area contributed by atoms with Crippen LogP contribution in [0.3, 0.4) is 0 Å². The van der Waals surface area contributed by atoms with Gasteiger partial charge in [0.2, 0.25) is 23.7 Å². The van der Waals surface area contributed by atoms with E-state index in [9.17, 15) is 24.0 Å². The third kappa shape index (κ3) is 13.7. The fourth-order valence-corrected chi connectivity index (χ4v) is 8.55. The number of aryl methyl sites for hydroxylation is 2. The van der Waals surface area contributed by atoms with E-state index in [0.717, 1.165) is 70.7 Å². The average molecular weight is 1020 g/mol. The van der Waals surface area contributed by atoms with E-state index >= 15 is 0 Å². The summed E-state index contributed by atoms with van der Waals surface area (Å²) in [5.41, 5.74) is 7.15. The van der Waals surface area contributed by atoms with Crippen LogP contribution in [-0.2, 0) is 45.0 Å². The predicted molar refractivity (Wildman–Crippen MR) is 284 cm³/mol. The Balaban J connectivity index is 0.674. The monoisotopic (exact) mass is 1020 g/mol. The van der Waals surface area contributed by atoms with E-state index in [1.165, 1.54) is 0 Å². The summed E-state index contributed by atoms with van der Waals surface area (Å²) in [7, 11) is 0. The summed E-state index contributed by atoms with van der Waals surface area (Å²) in [4.78, 5) is 73.9. The van der Waals surface area contributed by atoms with Crippen LogP contribution in [0.4, 0.5) is 16.7 Å². The van der Waals surface area contributed by atoms with Gasteiger partial charge in [0, 0.05) is 83.3 Å². The zero-order valence-corrected chi connectivity index (χ0v) is 41.8. The van der Waals surface area contributed by atoms with Crippen LogP contribution in [0.2, 0.25) is 0 Å². The molecule has 2 fully saturated rings. The number of nitrogens with zero attached hydrogens (tertiary/aromatic N) is 8. The summed E-state index contributed by atoms with van der Waals surface area (Å²) in [6.07, 6.45) is 17.4. The first kappa shape index (κ1) is 50.4. The molecule has 4 aromatic heterocycles. The molecule has 19 heteroatoms. The molecule has 388 valence electrons. The smallest absolute Gasteiger partial charge is 0.432 e. The Kier molecular flexibility index (Phi) is 15.8. The molecule has 0 saturated heterocycles. The summed E-state index contributed by atoms with van der Waals surface area (Å²) < 4.78 is 17.6. The first-order valence-electron chi connectivity index (χ1n) is 25.7. The topological polar surface area (TPSA) is 223 Å². The second kappa shape index (κ2) is 23.8. The highest BCUT2D eigenvalue weighted by molar-refractivity contribution is 6.05. The lowest BCUT2D eigenvalue weighted by molar-refractivity contribution is -0.122. The van der Waals surface area contributed by atoms with Crippen LogP contribution < -0.4 is 21.3 Å². The van der Waals surface area contributed by atoms with Crippen molar-refractivity contribution in [2.75, 3.05) is 23.8 Å². The number of amides is 4. The van der Waals surface area contributed by atoms with Crippen molar-refractivity contribution in [3.05, 3.63) is 169 Å². The fraction of sp³-hybridized carbons (Fsp3) is 0.281. The minimum absolute atomic E-state index is 0.0116. The largest absolute Gasteiger partial charge is 0.508 e. The lowest BCUT2D eigenvalue weighted by Gasteiger charge is -2.09. The second-order valence-corrected chi connectivity index (χ2v) is 18.9. The van der Waals surface area contributed by atoms with E-state index in [4.69, 9.17) is 19.4 Å². The molecule has 0 aliphatic heterocycles. The van der Waals surface area contributed by atoms with Crippen molar-refractivity contribution in [1.82, 2.24) is 49.3 Å². The van der Waals surface area contributed by atoms with Gasteiger partial charge in [0.05, 0.1) is 36.9 Å². The number of anilines is 2. The highest BCUT2D eigenvalue weighted by Gasteiger charge is 2.24. The lowest BCUT2D eigenvalue weighted by Crippen LogP contribution is -2.25. The molecule has 2 aliphatic carbocycles. The Labute approximate surface area is 438 Å². The Morgan fingerprint density at radius 2 is 0.947 bits per heavy atom. The van der Waals surface area contributed by atoms with Gasteiger partial charge >= 0.3 is 6.16 Å². The first-order valence-corrected chi connectivity index (χ1v) is 25.7. The van der Waals surface area contributed by atoms with Gasteiger partial charge in [0.1, 0.15) is 13.2 Å². The second-order valence-electron chi connectivity index (χ2n) is 18.9. The quantitative estimate of drug-likeness (QED) is 0.0421. The minimum atomic E-state index is -0.829. The first-order chi connectivity index (χ1) is 37.1. The fourth-order valence-electron chi connectivity index (χ4n) is 8.55. The van der Waals surface area contributed by atoms with Crippen molar-refractivity contribution in [2.45, 2.75) is 89.4 Å². The van der Waals surface area contributed by atoms with E-state index in [1.54, 1.807) is 58.2 Å². The van der Waals surface area contributed by atoms with E-state index < -0.39 is 6.16 Å². The third-order valence-corrected chi connectivity index (χ3v) is 12.9. The zero-order chi connectivity index (χ0) is 52.2. The number of carbonyl (C=O) groups is 5. The van der Waals surface area contributed by atoms with Crippen LogP contribution in [0, 0.1) is 0 Å². The van der Waals surface area contributed by atoms with Crippen molar-refractivity contribution < 1.29 is 33.4 Å². The van der Waals surface area contributed by atoms with Gasteiger partial charge in [0.15, 0.2) is 0 Å². The van der Waals surface area contributed by atoms with Crippen molar-refractivity contribution >= 4 is 41.7 Å². The van der Waals surface area contributed by atoms with Crippen LogP contribution in [0.15, 0.2) is 146 Å². The molecule has 0 radical (unpaired) electrons. The number of hydrogen-bond donors (Lipinski definition) is 4. The van der Waals surface area contributed by atoms with Crippen molar-refractivity contribution in [3.8, 4) is 33.6 Å². The highest BCUT2D eigenvalue weighted by atomic mass is 16.7. The molecule has 2 aliphatic rings. The maximum atomic E-state index is 13.7. The Hall–Kier alpha value is -9.13. The summed E-state index contributed by atoms with van der Waals surface area (Å²) in [5, 5.41) is 20.9. The minimum Gasteiger partial charge on any atom is -0.432 e. The maximum absolute atomic E-state index is 13.7. The van der Waals surface area contributed by atoms with Gasteiger partial charge in [0.25, 0.3) is 11.8 Å². The maximum Gasteiger partial charge on any atom is 0.508 e. The molecule has 0 atom stereocenters. The van der Waals surface area contributed by atoms with Crippen LogP contribution in [0.5, 0.6) is 0 Å². The molecule has 19 nitrogen and oxygen atoms in total. The lowest BCUT2D eigenvalue weighted by atomic mass is 10.1. The van der Waals surface area contributed by atoms with Crippen LogP contribution in [-0.4, -0.2) is 93.7 Å². The number of carbonyl (C=O) groups excluding carboxylic acids is 5. The molecule has 2 saturated carbocycles. The molecule has 10 rings (SSSR count). The summed E-state index contributed by atoms with van der Waals surface area (Å²) in [6.45, 7) is 0.558. The molecular weight excluding hydrogens is 965 g/mol. The van der Waals surface area contributed by atoms with Gasteiger partial charge in [-0.1, -0.05) is 60.7 Å². The average Bonchev–Trinajstić information content (AvgIpc) is 4.18. The Bertz CT molecular complexity index is 3100. The molecule has 4 amide bonds. The van der Waals surface area contributed by atoms with Gasteiger partial charge in [-0.05, 0) is 111 Å². The number of rotatable bonds is 24. The number of ether oxygens (including phenoxy) is 2. The van der Waals surface area contributed by atoms with Crippen molar-refractivity contribution in [1.29, 1.82) is 0 Å². The molecular formula is C57H58N12O7. The summed E-state index contributed by atoms with van der Waals surface area (Å²) in [5.74, 6) is 0.195. The SMILES string of the molecule is O=C(CCCc1cn(-c2ccccc2)c(NC(=O)c2cccc(-c3cnn(CCOC(=O)OCCn4cc(-c5cccc(C(=O)Nc6nc(CCCC(=O)NC7CC7)cn6-c6ccccc6)c5)cn4)c3)c2)n1)NC1CC1. The van der Waals surface area contributed by atoms with Gasteiger partial charge in [-0.2, -0.15) is 10.2 Å². The Morgan fingerprint density at radius 1 is 0.513 bits per heavy atom. The molecule has 0 unspecified atom stereocenters. The zero-order valence-electron chi connectivity index (χ0n) is 41.8. The molecule has 8 aromatic rings. The Morgan fingerprint density at radius 3 is 1.37 bits per heavy atom. The summed E-state index contributed by atoms with van der Waals surface area (Å²) in [6, 6.07) is 34.3. The number of benzene rings is 4. The normalized spacial score (nSPS) is 12.9. The van der Waals surface area contributed by atoms with Gasteiger partial charge in [-0.15, -0.1) is 0 Å². The highest BCUT2D eigenvalue weighted by Crippen LogP contribution is 2.26. The standard InChI is InChI=1S/C57H58N12O7/c70-51(60-45-23-24-45)21-9-15-47-37-68(49-17-3-1-4-18-49)55(62-47)64-53(72)41-13-7-11-39(31-41)43-33-58-66(35-43)27-29-75-57(74)76-30-28-67-36-44(34-59-67)40-12-8-14-42(32-40)54(73)65-56-63-48(16-10-22-52(71)61-46-25-26-46)38-69(56)50-19-5-2-6-20-50/h1-8,11-14,17-20,31-38,45-46H,9-10,15-16,21-30H2,(H,60,70)(H,61,71)(H,62,64,72)(H,63,65,73). The number of para-hydroxylation sites is 2. The molecule has 76 heavy (non-hydrogen) atoms. The van der Waals surface area contributed by atoms with E-state index in [-0.39, 0.29) is 49.9 Å². The van der Waals surface area contributed by atoms with Crippen molar-refractivity contribution in [2.24, 2.45) is 0 Å². The molecule has 0 spiro atoms. The van der Waals surface area contributed by atoms with Gasteiger partial charge in [-0.3, -0.25) is 48.3 Å². The van der Waals surface area contributed by atoms with E-state index in [2.05, 4.69) is 31.5 Å². The molecule has 4 aromatic carbocycles. The van der Waals surface area contributed by atoms with E-state index in [0.29, 0.717) is 73.6 Å². The van der Waals surface area contributed by atoms with Crippen LogP contribution in [0.25, 0.3) is 33.6 Å². The van der Waals surface area contributed by atoms with Crippen LogP contribution >= 0.6 is 0 Å². The predicted octanol–water partition coefficient (Wildman–Crippen LogP) is 8.35. The molecule has 4 N–H and O–H groups in total. The van der Waals surface area contributed by atoms with Crippen molar-refractivity contribution in [3.63, 3.8) is 0 Å². The third-order valence-electron chi connectivity index (χ3n) is 12.9. The van der Waals surface area contributed by atoms with Gasteiger partial charge in [-0.25, -0.2) is 14.8 Å². The van der Waals surface area contributed by atoms with E-state index in [1.807, 2.05) is 107 Å². The number of imidazole rings is 2.